The predicted molar refractivity (Wildman–Crippen MR) is 90.0 cm³/mol. The number of likely N-dealkylation sites (tertiary alicyclic amines) is 2. The number of piperidine rings is 1. The maximum atomic E-state index is 12.9. The number of anilines is 2. The normalized spacial score (nSPS) is 24.4. The molecule has 0 aromatic heterocycles. The molecule has 0 spiro atoms. The van der Waals surface area contributed by atoms with Crippen LogP contribution in [0.3, 0.4) is 0 Å². The average molecular weight is 342 g/mol. The molecule has 134 valence electrons. The Bertz CT molecular complexity index is 567. The van der Waals surface area contributed by atoms with Crippen molar-refractivity contribution < 1.29 is 13.2 Å². The summed E-state index contributed by atoms with van der Waals surface area (Å²) in [7, 11) is 2.14. The molecule has 2 fully saturated rings. The molecule has 0 aliphatic carbocycles. The van der Waals surface area contributed by atoms with Gasteiger partial charge in [0.25, 0.3) is 0 Å². The van der Waals surface area contributed by atoms with Gasteiger partial charge >= 0.3 is 6.18 Å². The van der Waals surface area contributed by atoms with Crippen molar-refractivity contribution in [2.75, 3.05) is 44.3 Å². The average Bonchev–Trinajstić information content (AvgIpc) is 2.95. The Morgan fingerprint density at radius 1 is 1.12 bits per heavy atom. The highest BCUT2D eigenvalue weighted by Gasteiger charge is 2.32. The summed E-state index contributed by atoms with van der Waals surface area (Å²) in [6, 6.07) is 4.27. The Kier molecular flexibility index (Phi) is 4.92. The quantitative estimate of drug-likeness (QED) is 0.829. The van der Waals surface area contributed by atoms with Crippen LogP contribution in [-0.4, -0.2) is 55.1 Å². The number of halogens is 3. The molecular formula is C17H25F3N4. The smallest absolute Gasteiger partial charge is 0.397 e. The van der Waals surface area contributed by atoms with E-state index in [4.69, 9.17) is 5.73 Å². The summed E-state index contributed by atoms with van der Waals surface area (Å²) < 4.78 is 38.6. The molecule has 0 saturated carbocycles. The fourth-order valence-electron chi connectivity index (χ4n) is 3.70. The topological polar surface area (TPSA) is 44.5 Å². The maximum Gasteiger partial charge on any atom is 0.416 e. The van der Waals surface area contributed by atoms with E-state index in [0.29, 0.717) is 17.4 Å². The van der Waals surface area contributed by atoms with Crippen LogP contribution in [0.5, 0.6) is 0 Å². The van der Waals surface area contributed by atoms with E-state index < -0.39 is 11.7 Å². The maximum absolute atomic E-state index is 12.9. The molecule has 0 bridgehead atoms. The molecule has 7 heteroatoms. The zero-order chi connectivity index (χ0) is 17.3. The predicted octanol–water partition coefficient (Wildman–Crippen LogP) is 2.87. The summed E-state index contributed by atoms with van der Waals surface area (Å²) in [5, 5.41) is 3.22. The molecule has 2 aliphatic heterocycles. The third kappa shape index (κ3) is 3.95. The van der Waals surface area contributed by atoms with Crippen molar-refractivity contribution in [2.24, 2.45) is 0 Å². The van der Waals surface area contributed by atoms with Gasteiger partial charge in [-0.3, -0.25) is 4.90 Å². The lowest BCUT2D eigenvalue weighted by Crippen LogP contribution is -2.45. The van der Waals surface area contributed by atoms with Crippen LogP contribution in [0.1, 0.15) is 24.8 Å². The SMILES string of the molecule is CN1CC[C@H](N2CCC(Nc3cc(C(F)(F)F)ccc3N)CC2)C1. The summed E-state index contributed by atoms with van der Waals surface area (Å²) in [4.78, 5) is 4.86. The van der Waals surface area contributed by atoms with E-state index >= 15 is 0 Å². The minimum atomic E-state index is -4.35. The van der Waals surface area contributed by atoms with Gasteiger partial charge in [-0.25, -0.2) is 0 Å². The van der Waals surface area contributed by atoms with Crippen LogP contribution >= 0.6 is 0 Å². The Morgan fingerprint density at radius 3 is 2.42 bits per heavy atom. The molecular weight excluding hydrogens is 317 g/mol. The first-order valence-electron chi connectivity index (χ1n) is 8.49. The number of alkyl halides is 3. The van der Waals surface area contributed by atoms with Crippen LogP contribution in [0.25, 0.3) is 0 Å². The van der Waals surface area contributed by atoms with E-state index in [-0.39, 0.29) is 6.04 Å². The van der Waals surface area contributed by atoms with Crippen LogP contribution in [-0.2, 0) is 6.18 Å². The first-order valence-corrected chi connectivity index (χ1v) is 8.49. The lowest BCUT2D eigenvalue weighted by Gasteiger charge is -2.36. The standard InChI is InChI=1S/C17H25F3N4/c1-23-7-6-14(11-23)24-8-4-13(5-9-24)22-16-10-12(17(18,19)20)2-3-15(16)21/h2-3,10,13-14,22H,4-9,11,21H2,1H3/t14-/m0/s1. The molecule has 0 radical (unpaired) electrons. The zero-order valence-corrected chi connectivity index (χ0v) is 13.9. The van der Waals surface area contributed by atoms with Gasteiger partial charge in [-0.05, 0) is 51.1 Å². The van der Waals surface area contributed by atoms with Gasteiger partial charge in [0.15, 0.2) is 0 Å². The van der Waals surface area contributed by atoms with Gasteiger partial charge in [0.05, 0.1) is 16.9 Å². The van der Waals surface area contributed by atoms with E-state index in [2.05, 4.69) is 22.2 Å². The number of rotatable bonds is 3. The van der Waals surface area contributed by atoms with Gasteiger partial charge in [0.2, 0.25) is 0 Å². The third-order valence-corrected chi connectivity index (χ3v) is 5.15. The molecule has 1 atom stereocenters. The fraction of sp³-hybridized carbons (Fsp3) is 0.647. The van der Waals surface area contributed by atoms with Crippen LogP contribution in [0.4, 0.5) is 24.5 Å². The highest BCUT2D eigenvalue weighted by molar-refractivity contribution is 5.67. The molecule has 0 unspecified atom stereocenters. The first kappa shape index (κ1) is 17.4. The highest BCUT2D eigenvalue weighted by atomic mass is 19.4. The van der Waals surface area contributed by atoms with Crippen LogP contribution in [0.2, 0.25) is 0 Å². The molecule has 2 saturated heterocycles. The summed E-state index contributed by atoms with van der Waals surface area (Å²) in [5.74, 6) is 0. The molecule has 4 nitrogen and oxygen atoms in total. The molecule has 1 aromatic rings. The number of nitrogen functional groups attached to an aromatic ring is 1. The van der Waals surface area contributed by atoms with E-state index in [0.717, 1.165) is 51.2 Å². The number of benzene rings is 1. The number of nitrogens with one attached hydrogen (secondary N) is 1. The summed E-state index contributed by atoms with van der Waals surface area (Å²) in [6.07, 6.45) is -1.29. The van der Waals surface area contributed by atoms with E-state index in [1.807, 2.05) is 0 Å². The van der Waals surface area contributed by atoms with Crippen LogP contribution in [0.15, 0.2) is 18.2 Å². The van der Waals surface area contributed by atoms with Crippen molar-refractivity contribution in [1.29, 1.82) is 0 Å². The van der Waals surface area contributed by atoms with Crippen molar-refractivity contribution in [3.8, 4) is 0 Å². The van der Waals surface area contributed by atoms with Crippen LogP contribution in [0, 0.1) is 0 Å². The van der Waals surface area contributed by atoms with Gasteiger partial charge in [0, 0.05) is 31.7 Å². The molecule has 2 heterocycles. The molecule has 24 heavy (non-hydrogen) atoms. The number of nitrogens with zero attached hydrogens (tertiary/aromatic N) is 2. The minimum Gasteiger partial charge on any atom is -0.397 e. The zero-order valence-electron chi connectivity index (χ0n) is 13.9. The van der Waals surface area contributed by atoms with Crippen molar-refractivity contribution in [3.63, 3.8) is 0 Å². The van der Waals surface area contributed by atoms with Crippen LogP contribution < -0.4 is 11.1 Å². The van der Waals surface area contributed by atoms with Gasteiger partial charge < -0.3 is 16.0 Å². The second-order valence-electron chi connectivity index (χ2n) is 6.96. The molecule has 0 amide bonds. The largest absolute Gasteiger partial charge is 0.416 e. The monoisotopic (exact) mass is 342 g/mol. The molecule has 3 rings (SSSR count). The Labute approximate surface area is 140 Å². The van der Waals surface area contributed by atoms with Gasteiger partial charge in [-0.2, -0.15) is 13.2 Å². The summed E-state index contributed by atoms with van der Waals surface area (Å²) in [6.45, 7) is 4.21. The number of likely N-dealkylation sites (N-methyl/N-ethyl adjacent to an activating group) is 1. The summed E-state index contributed by atoms with van der Waals surface area (Å²) in [5.41, 5.74) is 5.94. The molecule has 2 aliphatic rings. The van der Waals surface area contributed by atoms with Crippen molar-refractivity contribution >= 4 is 11.4 Å². The Balaban J connectivity index is 1.58. The number of hydrogen-bond acceptors (Lipinski definition) is 4. The lowest BCUT2D eigenvalue weighted by molar-refractivity contribution is -0.137. The Hall–Kier alpha value is -1.47. The number of hydrogen-bond donors (Lipinski definition) is 2. The Morgan fingerprint density at radius 2 is 1.83 bits per heavy atom. The van der Waals surface area contributed by atoms with Crippen molar-refractivity contribution in [3.05, 3.63) is 23.8 Å². The van der Waals surface area contributed by atoms with Gasteiger partial charge in [-0.15, -0.1) is 0 Å². The lowest BCUT2D eigenvalue weighted by atomic mass is 10.0. The minimum absolute atomic E-state index is 0.172. The van der Waals surface area contributed by atoms with Gasteiger partial charge in [0.1, 0.15) is 0 Å². The number of nitrogens with two attached hydrogens (primary N) is 1. The first-order chi connectivity index (χ1) is 11.3. The van der Waals surface area contributed by atoms with Gasteiger partial charge in [-0.1, -0.05) is 0 Å². The van der Waals surface area contributed by atoms with E-state index in [1.54, 1.807) is 0 Å². The second-order valence-corrected chi connectivity index (χ2v) is 6.96. The molecule has 1 aromatic carbocycles. The van der Waals surface area contributed by atoms with Crippen molar-refractivity contribution in [1.82, 2.24) is 9.80 Å². The van der Waals surface area contributed by atoms with Crippen molar-refractivity contribution in [2.45, 2.75) is 37.5 Å². The third-order valence-electron chi connectivity index (χ3n) is 5.15. The van der Waals surface area contributed by atoms with E-state index in [1.165, 1.54) is 12.5 Å². The molecule has 3 N–H and O–H groups in total. The fourth-order valence-corrected chi connectivity index (χ4v) is 3.70. The second kappa shape index (κ2) is 6.80. The summed E-state index contributed by atoms with van der Waals surface area (Å²) >= 11 is 0. The van der Waals surface area contributed by atoms with E-state index in [9.17, 15) is 13.2 Å². The highest BCUT2D eigenvalue weighted by Crippen LogP contribution is 2.34.